The number of ether oxygens (including phenoxy) is 1. The van der Waals surface area contributed by atoms with Crippen LogP contribution in [0.4, 0.5) is 0 Å². The highest BCUT2D eigenvalue weighted by molar-refractivity contribution is 6.31. The Balaban J connectivity index is 2.15. The van der Waals surface area contributed by atoms with Gasteiger partial charge in [-0.3, -0.25) is 9.63 Å². The van der Waals surface area contributed by atoms with E-state index in [4.69, 9.17) is 21.2 Å². The summed E-state index contributed by atoms with van der Waals surface area (Å²) in [6.07, 6.45) is 0.0904. The zero-order valence-corrected chi connectivity index (χ0v) is 13.0. The molecule has 1 aromatic carbocycles. The van der Waals surface area contributed by atoms with Crippen LogP contribution >= 0.6 is 11.6 Å². The number of halogens is 1. The van der Waals surface area contributed by atoms with Gasteiger partial charge >= 0.3 is 0 Å². The molecule has 20 heavy (non-hydrogen) atoms. The molecule has 0 aliphatic carbocycles. The van der Waals surface area contributed by atoms with Crippen LogP contribution in [0.1, 0.15) is 33.3 Å². The zero-order valence-electron chi connectivity index (χ0n) is 12.3. The van der Waals surface area contributed by atoms with E-state index in [0.29, 0.717) is 18.2 Å². The summed E-state index contributed by atoms with van der Waals surface area (Å²) < 4.78 is 5.64. The summed E-state index contributed by atoms with van der Waals surface area (Å²) in [4.78, 5) is 17.6. The molecule has 5 heteroatoms. The lowest BCUT2D eigenvalue weighted by Gasteiger charge is -2.18. The highest BCUT2D eigenvalue weighted by Gasteiger charge is 2.40. The second kappa shape index (κ2) is 5.62. The molecule has 0 atom stereocenters. The first-order valence-corrected chi connectivity index (χ1v) is 7.07. The largest absolute Gasteiger partial charge is 0.491 e. The molecule has 110 valence electrons. The minimum Gasteiger partial charge on any atom is -0.491 e. The van der Waals surface area contributed by atoms with Crippen molar-refractivity contribution in [3.63, 3.8) is 0 Å². The Bertz CT molecular complexity index is 514. The molecule has 0 radical (unpaired) electrons. The fraction of sp³-hybridized carbons (Fsp3) is 0.533. The van der Waals surface area contributed by atoms with Gasteiger partial charge in [0.25, 0.3) is 5.91 Å². The SMILES string of the molecule is CC(C)Oc1ccc(Cl)c(CN2OCC(C)(C)C2=O)c1. The molecule has 1 aromatic rings. The monoisotopic (exact) mass is 297 g/mol. The number of nitrogens with zero attached hydrogens (tertiary/aromatic N) is 1. The maximum Gasteiger partial charge on any atom is 0.254 e. The smallest absolute Gasteiger partial charge is 0.254 e. The number of benzene rings is 1. The van der Waals surface area contributed by atoms with Crippen LogP contribution in [-0.2, 0) is 16.2 Å². The first-order valence-electron chi connectivity index (χ1n) is 6.69. The van der Waals surface area contributed by atoms with Crippen LogP contribution in [0.3, 0.4) is 0 Å². The average molecular weight is 298 g/mol. The van der Waals surface area contributed by atoms with E-state index in [-0.39, 0.29) is 12.0 Å². The van der Waals surface area contributed by atoms with E-state index in [1.54, 1.807) is 6.07 Å². The van der Waals surface area contributed by atoms with Crippen molar-refractivity contribution in [1.82, 2.24) is 5.06 Å². The molecule has 1 amide bonds. The number of amides is 1. The summed E-state index contributed by atoms with van der Waals surface area (Å²) in [6.45, 7) is 8.39. The molecule has 1 saturated heterocycles. The highest BCUT2D eigenvalue weighted by atomic mass is 35.5. The molecule has 4 nitrogen and oxygen atoms in total. The van der Waals surface area contributed by atoms with Crippen molar-refractivity contribution in [3.05, 3.63) is 28.8 Å². The van der Waals surface area contributed by atoms with Crippen molar-refractivity contribution in [2.45, 2.75) is 40.3 Å². The number of hydrogen-bond acceptors (Lipinski definition) is 3. The van der Waals surface area contributed by atoms with Crippen LogP contribution < -0.4 is 4.74 Å². The third-order valence-electron chi connectivity index (χ3n) is 3.09. The Labute approximate surface area is 124 Å². The molecule has 0 unspecified atom stereocenters. The molecule has 0 aromatic heterocycles. The van der Waals surface area contributed by atoms with E-state index in [2.05, 4.69) is 0 Å². The average Bonchev–Trinajstić information content (AvgIpc) is 2.60. The topological polar surface area (TPSA) is 38.8 Å². The fourth-order valence-electron chi connectivity index (χ4n) is 1.99. The molecular weight excluding hydrogens is 278 g/mol. The molecular formula is C15H20ClNO3. The van der Waals surface area contributed by atoms with Crippen molar-refractivity contribution in [2.75, 3.05) is 6.61 Å². The van der Waals surface area contributed by atoms with Crippen molar-refractivity contribution < 1.29 is 14.4 Å². The molecule has 0 bridgehead atoms. The van der Waals surface area contributed by atoms with Gasteiger partial charge in [-0.15, -0.1) is 0 Å². The van der Waals surface area contributed by atoms with Gasteiger partial charge in [0, 0.05) is 5.02 Å². The Kier molecular flexibility index (Phi) is 4.25. The maximum atomic E-state index is 12.1. The Morgan fingerprint density at radius 1 is 1.45 bits per heavy atom. The molecule has 2 rings (SSSR count). The Morgan fingerprint density at radius 3 is 2.70 bits per heavy atom. The van der Waals surface area contributed by atoms with Crippen LogP contribution in [0.2, 0.25) is 5.02 Å². The number of hydrogen-bond donors (Lipinski definition) is 0. The molecule has 1 fully saturated rings. The summed E-state index contributed by atoms with van der Waals surface area (Å²) in [6, 6.07) is 5.45. The van der Waals surface area contributed by atoms with Gasteiger partial charge in [0.15, 0.2) is 0 Å². The minimum absolute atomic E-state index is 0.0243. The lowest BCUT2D eigenvalue weighted by molar-refractivity contribution is -0.165. The fourth-order valence-corrected chi connectivity index (χ4v) is 2.16. The van der Waals surface area contributed by atoms with Crippen LogP contribution in [0, 0.1) is 5.41 Å². The molecule has 0 saturated carbocycles. The summed E-state index contributed by atoms with van der Waals surface area (Å²) in [7, 11) is 0. The van der Waals surface area contributed by atoms with Gasteiger partial charge in [0.1, 0.15) is 5.75 Å². The lowest BCUT2D eigenvalue weighted by Crippen LogP contribution is -2.30. The number of hydroxylamine groups is 2. The zero-order chi connectivity index (χ0) is 14.9. The lowest BCUT2D eigenvalue weighted by atomic mass is 9.95. The predicted octanol–water partition coefficient (Wildman–Crippen LogP) is 3.43. The van der Waals surface area contributed by atoms with Crippen LogP contribution in [0.15, 0.2) is 18.2 Å². The quantitative estimate of drug-likeness (QED) is 0.854. The normalized spacial score (nSPS) is 17.9. The number of rotatable bonds is 4. The van der Waals surface area contributed by atoms with E-state index in [9.17, 15) is 4.79 Å². The molecule has 0 spiro atoms. The van der Waals surface area contributed by atoms with Gasteiger partial charge in [-0.2, -0.15) is 0 Å². The van der Waals surface area contributed by atoms with E-state index in [0.717, 1.165) is 11.3 Å². The van der Waals surface area contributed by atoms with Gasteiger partial charge in [-0.25, -0.2) is 5.06 Å². The minimum atomic E-state index is -0.474. The molecule has 1 aliphatic heterocycles. The summed E-state index contributed by atoms with van der Waals surface area (Å²) >= 11 is 6.18. The number of carbonyl (C=O) groups is 1. The maximum absolute atomic E-state index is 12.1. The summed E-state index contributed by atoms with van der Waals surface area (Å²) in [5.41, 5.74) is 0.342. The standard InChI is InChI=1S/C15H20ClNO3/c1-10(2)20-12-5-6-13(16)11(7-12)8-17-14(18)15(3,4)9-19-17/h5-7,10H,8-9H2,1-4H3. The number of carbonyl (C=O) groups excluding carboxylic acids is 1. The van der Waals surface area contributed by atoms with Crippen molar-refractivity contribution in [1.29, 1.82) is 0 Å². The summed E-state index contributed by atoms with van der Waals surface area (Å²) in [5.74, 6) is 0.717. The van der Waals surface area contributed by atoms with E-state index < -0.39 is 5.41 Å². The Hall–Kier alpha value is -1.26. The van der Waals surface area contributed by atoms with Crippen LogP contribution in [-0.4, -0.2) is 23.7 Å². The van der Waals surface area contributed by atoms with E-state index >= 15 is 0 Å². The van der Waals surface area contributed by atoms with Crippen molar-refractivity contribution >= 4 is 17.5 Å². The van der Waals surface area contributed by atoms with Crippen LogP contribution in [0.25, 0.3) is 0 Å². The summed E-state index contributed by atoms with van der Waals surface area (Å²) in [5, 5.41) is 1.97. The van der Waals surface area contributed by atoms with Gasteiger partial charge in [-0.1, -0.05) is 11.6 Å². The van der Waals surface area contributed by atoms with Crippen molar-refractivity contribution in [2.24, 2.45) is 5.41 Å². The van der Waals surface area contributed by atoms with Gasteiger partial charge < -0.3 is 4.74 Å². The molecule has 1 heterocycles. The second-order valence-electron chi connectivity index (χ2n) is 5.92. The van der Waals surface area contributed by atoms with Gasteiger partial charge in [0.05, 0.1) is 24.7 Å². The first kappa shape index (κ1) is 15.1. The highest BCUT2D eigenvalue weighted by Crippen LogP contribution is 2.30. The van der Waals surface area contributed by atoms with Crippen LogP contribution in [0.5, 0.6) is 5.75 Å². The predicted molar refractivity (Wildman–Crippen MR) is 77.5 cm³/mol. The third-order valence-corrected chi connectivity index (χ3v) is 3.46. The second-order valence-corrected chi connectivity index (χ2v) is 6.33. The van der Waals surface area contributed by atoms with E-state index in [1.165, 1.54) is 5.06 Å². The van der Waals surface area contributed by atoms with Gasteiger partial charge in [0.2, 0.25) is 0 Å². The first-order chi connectivity index (χ1) is 9.29. The van der Waals surface area contributed by atoms with Crippen molar-refractivity contribution in [3.8, 4) is 5.75 Å². The molecule has 1 aliphatic rings. The molecule has 0 N–H and O–H groups in total. The third kappa shape index (κ3) is 3.25. The van der Waals surface area contributed by atoms with E-state index in [1.807, 2.05) is 39.8 Å². The Morgan fingerprint density at radius 2 is 2.15 bits per heavy atom. The van der Waals surface area contributed by atoms with Gasteiger partial charge in [-0.05, 0) is 51.5 Å².